The maximum Gasteiger partial charge on any atom is 0.154 e. The molecule has 0 aliphatic carbocycles. The van der Waals surface area contributed by atoms with E-state index < -0.39 is 27.2 Å². The number of ether oxygens (including phenoxy) is 1. The molecular formula is C27H61BO4S2. The summed E-state index contributed by atoms with van der Waals surface area (Å²) in [6.07, 6.45) is 30.2. The molecule has 1 atom stereocenters. The quantitative estimate of drug-likeness (QED) is 0.0825. The molecule has 0 bridgehead atoms. The van der Waals surface area contributed by atoms with Gasteiger partial charge >= 0.3 is 0 Å². The van der Waals surface area contributed by atoms with Gasteiger partial charge in [-0.2, -0.15) is 10.6 Å². The molecule has 1 unspecified atom stereocenters. The first-order chi connectivity index (χ1) is 16.1. The summed E-state index contributed by atoms with van der Waals surface area (Å²) in [5.74, 6) is 0. The Morgan fingerprint density at radius 2 is 1.12 bits per heavy atom. The summed E-state index contributed by atoms with van der Waals surface area (Å²) in [5, 5.41) is 9.57. The normalized spacial score (nSPS) is 13.9. The average Bonchev–Trinajstić information content (AvgIpc) is 2.74. The van der Waals surface area contributed by atoms with Crippen molar-refractivity contribution in [2.45, 2.75) is 129 Å². The summed E-state index contributed by atoms with van der Waals surface area (Å²) in [7, 11) is 3.19. The Labute approximate surface area is 219 Å². The monoisotopic (exact) mass is 524 g/mol. The second-order valence-corrected chi connectivity index (χ2v) is 16.8. The van der Waals surface area contributed by atoms with Gasteiger partial charge in [0.25, 0.3) is 0 Å². The van der Waals surface area contributed by atoms with Gasteiger partial charge in [-0.3, -0.25) is 4.18 Å². The number of hydrogen-bond donors (Lipinski definition) is 1. The van der Waals surface area contributed by atoms with E-state index in [1.165, 1.54) is 70.6 Å². The zero-order valence-corrected chi connectivity index (χ0v) is 25.7. The van der Waals surface area contributed by atoms with Crippen LogP contribution in [-0.4, -0.2) is 63.7 Å². The van der Waals surface area contributed by atoms with Gasteiger partial charge < -0.3 is 9.84 Å². The number of hydrogen-bond acceptors (Lipinski definition) is 4. The van der Waals surface area contributed by atoms with Crippen LogP contribution in [0.1, 0.15) is 117 Å². The third kappa shape index (κ3) is 32.6. The van der Waals surface area contributed by atoms with Crippen LogP contribution in [0.3, 0.4) is 0 Å². The third-order valence-electron chi connectivity index (χ3n) is 5.20. The van der Waals surface area contributed by atoms with Crippen LogP contribution in [0, 0.1) is 0 Å². The largest absolute Gasteiger partial charge is 0.368 e. The molecule has 0 heterocycles. The minimum Gasteiger partial charge on any atom is -0.368 e. The standard InChI is InChI=1S/C14H29BO2.C13H32O2S2/c1-2-3-4-5-8-11-14(16)17-13-10-7-6-9-12-15;1-7-8-9-10-11-12-13-14-17(5,6)15-16(2,3)4/h14,16H,2-13H2,1H3;7-13H2,1-6H3. The fourth-order valence-corrected chi connectivity index (χ4v) is 8.09. The highest BCUT2D eigenvalue weighted by molar-refractivity contribution is 8.38. The first kappa shape index (κ1) is 36.8. The molecule has 0 aromatic rings. The molecule has 0 spiro atoms. The van der Waals surface area contributed by atoms with Crippen LogP contribution in [-0.2, 0) is 12.5 Å². The van der Waals surface area contributed by atoms with Crippen molar-refractivity contribution in [1.82, 2.24) is 0 Å². The summed E-state index contributed by atoms with van der Waals surface area (Å²) >= 11 is 0. The van der Waals surface area contributed by atoms with Gasteiger partial charge in [0.15, 0.2) is 6.29 Å². The Bertz CT molecular complexity index is 407. The van der Waals surface area contributed by atoms with Crippen molar-refractivity contribution in [2.24, 2.45) is 0 Å². The van der Waals surface area contributed by atoms with Crippen molar-refractivity contribution in [3.63, 3.8) is 0 Å². The van der Waals surface area contributed by atoms with Crippen molar-refractivity contribution in [2.75, 3.05) is 44.5 Å². The minimum absolute atomic E-state index is 0.550. The topological polar surface area (TPSA) is 47.9 Å². The van der Waals surface area contributed by atoms with Crippen molar-refractivity contribution < 1.29 is 17.7 Å². The van der Waals surface area contributed by atoms with E-state index in [9.17, 15) is 5.11 Å². The van der Waals surface area contributed by atoms with E-state index in [-0.39, 0.29) is 0 Å². The predicted octanol–water partition coefficient (Wildman–Crippen LogP) is 8.71. The van der Waals surface area contributed by atoms with Crippen molar-refractivity contribution in [3.05, 3.63) is 0 Å². The van der Waals surface area contributed by atoms with E-state index in [4.69, 9.17) is 20.4 Å². The molecule has 0 rings (SSSR count). The van der Waals surface area contributed by atoms with Crippen LogP contribution in [0.25, 0.3) is 0 Å². The maximum atomic E-state index is 9.57. The molecule has 1 N–H and O–H groups in total. The van der Waals surface area contributed by atoms with E-state index in [2.05, 4.69) is 45.1 Å². The number of unbranched alkanes of at least 4 members (excludes halogenated alkanes) is 12. The molecule has 0 aromatic carbocycles. The lowest BCUT2D eigenvalue weighted by Crippen LogP contribution is -2.12. The van der Waals surface area contributed by atoms with Crippen molar-refractivity contribution >= 4 is 28.7 Å². The summed E-state index contributed by atoms with van der Waals surface area (Å²) in [6.45, 7) is 5.99. The highest BCUT2D eigenvalue weighted by Crippen LogP contribution is 2.56. The average molecular weight is 525 g/mol. The van der Waals surface area contributed by atoms with E-state index in [0.717, 1.165) is 45.0 Å². The van der Waals surface area contributed by atoms with E-state index in [0.29, 0.717) is 6.61 Å². The molecular weight excluding hydrogens is 463 g/mol. The molecule has 0 aliphatic rings. The molecule has 0 saturated heterocycles. The Morgan fingerprint density at radius 1 is 0.647 bits per heavy atom. The zero-order chi connectivity index (χ0) is 26.1. The molecule has 7 heteroatoms. The molecule has 4 nitrogen and oxygen atoms in total. The molecule has 0 aromatic heterocycles. The minimum atomic E-state index is -1.30. The second kappa shape index (κ2) is 25.3. The molecule has 34 heavy (non-hydrogen) atoms. The third-order valence-corrected chi connectivity index (χ3v) is 8.87. The van der Waals surface area contributed by atoms with Crippen LogP contribution in [0.2, 0.25) is 6.32 Å². The summed E-state index contributed by atoms with van der Waals surface area (Å²) < 4.78 is 17.3. The summed E-state index contributed by atoms with van der Waals surface area (Å²) in [6, 6.07) is 0. The Kier molecular flexibility index (Phi) is 27.3. The maximum absolute atomic E-state index is 9.57. The van der Waals surface area contributed by atoms with Crippen LogP contribution >= 0.6 is 20.9 Å². The highest BCUT2D eigenvalue weighted by Gasteiger charge is 2.15. The van der Waals surface area contributed by atoms with Crippen LogP contribution in [0.15, 0.2) is 0 Å². The molecule has 0 saturated carbocycles. The fraction of sp³-hybridized carbons (Fsp3) is 1.00. The SMILES string of the molecule is CCCCCCCCOS(C)(C)OS(C)(C)C.[B]CCCCCCOC(O)CCCCCCC. The van der Waals surface area contributed by atoms with Crippen LogP contribution in [0.5, 0.6) is 0 Å². The Morgan fingerprint density at radius 3 is 1.65 bits per heavy atom. The van der Waals surface area contributed by atoms with Gasteiger partial charge in [-0.25, -0.2) is 3.63 Å². The lowest BCUT2D eigenvalue weighted by molar-refractivity contribution is -0.105. The summed E-state index contributed by atoms with van der Waals surface area (Å²) in [4.78, 5) is 0. The lowest BCUT2D eigenvalue weighted by Gasteiger charge is -2.42. The number of rotatable bonds is 23. The van der Waals surface area contributed by atoms with E-state index in [1.807, 2.05) is 0 Å². The van der Waals surface area contributed by atoms with Gasteiger partial charge in [-0.1, -0.05) is 97.2 Å². The molecule has 0 fully saturated rings. The van der Waals surface area contributed by atoms with Crippen molar-refractivity contribution in [3.8, 4) is 0 Å². The number of aliphatic hydroxyl groups is 1. The second-order valence-electron chi connectivity index (χ2n) is 10.3. The smallest absolute Gasteiger partial charge is 0.154 e. The number of aliphatic hydroxyl groups excluding tert-OH is 1. The Balaban J connectivity index is 0. The predicted molar refractivity (Wildman–Crippen MR) is 160 cm³/mol. The van der Waals surface area contributed by atoms with E-state index >= 15 is 0 Å². The molecule has 0 amide bonds. The van der Waals surface area contributed by atoms with Gasteiger partial charge in [-0.15, -0.1) is 10.3 Å². The van der Waals surface area contributed by atoms with Crippen LogP contribution < -0.4 is 0 Å². The Hall–Kier alpha value is 0.605. The van der Waals surface area contributed by atoms with Gasteiger partial charge in [-0.05, 0) is 44.5 Å². The van der Waals surface area contributed by atoms with Gasteiger partial charge in [0, 0.05) is 19.1 Å². The van der Waals surface area contributed by atoms with E-state index in [1.54, 1.807) is 0 Å². The highest BCUT2D eigenvalue weighted by atomic mass is 32.3. The van der Waals surface area contributed by atoms with Gasteiger partial charge in [0.1, 0.15) is 0 Å². The molecule has 2 radical (unpaired) electrons. The fourth-order valence-electron chi connectivity index (χ4n) is 3.48. The zero-order valence-electron chi connectivity index (χ0n) is 24.1. The van der Waals surface area contributed by atoms with Gasteiger partial charge in [0.05, 0.1) is 14.5 Å². The first-order valence-corrected chi connectivity index (χ1v) is 18.9. The van der Waals surface area contributed by atoms with Crippen molar-refractivity contribution in [1.29, 1.82) is 0 Å². The van der Waals surface area contributed by atoms with Crippen LogP contribution in [0.4, 0.5) is 0 Å². The molecule has 0 aliphatic heterocycles. The lowest BCUT2D eigenvalue weighted by atomic mass is 9.99. The summed E-state index contributed by atoms with van der Waals surface area (Å²) in [5.41, 5.74) is 0. The first-order valence-electron chi connectivity index (χ1n) is 13.8. The van der Waals surface area contributed by atoms with Gasteiger partial charge in [0.2, 0.25) is 0 Å². The molecule has 208 valence electrons.